The van der Waals surface area contributed by atoms with E-state index in [1.165, 1.54) is 31.2 Å². The van der Waals surface area contributed by atoms with Gasteiger partial charge in [-0.05, 0) is 42.2 Å². The lowest BCUT2D eigenvalue weighted by Gasteiger charge is -2.33. The summed E-state index contributed by atoms with van der Waals surface area (Å²) in [5, 5.41) is 8.07. The first-order chi connectivity index (χ1) is 7.81. The number of rotatable bonds is 4. The van der Waals surface area contributed by atoms with Gasteiger partial charge in [-0.2, -0.15) is 11.3 Å². The average Bonchev–Trinajstić information content (AvgIpc) is 2.83. The molecule has 2 rings (SSSR count). The highest BCUT2D eigenvalue weighted by Crippen LogP contribution is 2.24. The average molecular weight is 239 g/mol. The van der Waals surface area contributed by atoms with Crippen molar-refractivity contribution in [3.8, 4) is 0 Å². The summed E-state index contributed by atoms with van der Waals surface area (Å²) >= 11 is 1.77. The fraction of sp³-hybridized carbons (Fsp3) is 0.692. The van der Waals surface area contributed by atoms with Crippen LogP contribution in [0.4, 0.5) is 0 Å². The molecule has 3 heteroatoms. The quantitative estimate of drug-likeness (QED) is 0.870. The summed E-state index contributed by atoms with van der Waals surface area (Å²) in [5.41, 5.74) is 1.39. The molecule has 1 aromatic heterocycles. The molecule has 0 amide bonds. The summed E-state index contributed by atoms with van der Waals surface area (Å²) in [4.78, 5) is 0. The Morgan fingerprint density at radius 2 is 2.25 bits per heavy atom. The van der Waals surface area contributed by atoms with Crippen LogP contribution in [0.25, 0.3) is 0 Å². The maximum Gasteiger partial charge on any atom is 0.0724 e. The van der Waals surface area contributed by atoms with Crippen LogP contribution in [-0.4, -0.2) is 19.3 Å². The van der Waals surface area contributed by atoms with Crippen molar-refractivity contribution in [3.05, 3.63) is 22.4 Å². The first-order valence-electron chi connectivity index (χ1n) is 6.12. The topological polar surface area (TPSA) is 21.3 Å². The molecule has 0 radical (unpaired) electrons. The van der Waals surface area contributed by atoms with E-state index in [0.29, 0.717) is 18.2 Å². The van der Waals surface area contributed by atoms with Crippen molar-refractivity contribution in [3.63, 3.8) is 0 Å². The molecule has 1 saturated carbocycles. The molecule has 0 aromatic carbocycles. The molecule has 3 atom stereocenters. The molecule has 0 bridgehead atoms. The first kappa shape index (κ1) is 12.1. The summed E-state index contributed by atoms with van der Waals surface area (Å²) in [6.45, 7) is 2.24. The van der Waals surface area contributed by atoms with E-state index in [1.54, 1.807) is 11.3 Å². The predicted octanol–water partition coefficient (Wildman–Crippen LogP) is 3.36. The maximum atomic E-state index is 5.56. The van der Waals surface area contributed by atoms with Gasteiger partial charge in [-0.25, -0.2) is 0 Å². The Bertz CT molecular complexity index is 299. The van der Waals surface area contributed by atoms with Crippen molar-refractivity contribution >= 4 is 11.3 Å². The smallest absolute Gasteiger partial charge is 0.0724 e. The fourth-order valence-corrected chi connectivity index (χ4v) is 3.26. The van der Waals surface area contributed by atoms with Crippen molar-refractivity contribution in [2.75, 3.05) is 7.11 Å². The van der Waals surface area contributed by atoms with Crippen molar-refractivity contribution in [1.29, 1.82) is 0 Å². The summed E-state index contributed by atoms with van der Waals surface area (Å²) in [6.07, 6.45) is 5.48. The molecule has 0 saturated heterocycles. The zero-order valence-electron chi connectivity index (χ0n) is 10.1. The van der Waals surface area contributed by atoms with Crippen LogP contribution in [-0.2, 0) is 4.74 Å². The highest BCUT2D eigenvalue weighted by Gasteiger charge is 2.26. The van der Waals surface area contributed by atoms with Gasteiger partial charge in [0.1, 0.15) is 0 Å². The number of nitrogens with one attached hydrogen (secondary N) is 1. The summed E-state index contributed by atoms with van der Waals surface area (Å²) < 4.78 is 5.56. The Labute approximate surface area is 102 Å². The predicted molar refractivity (Wildman–Crippen MR) is 68.9 cm³/mol. The van der Waals surface area contributed by atoms with Crippen molar-refractivity contribution < 1.29 is 4.74 Å². The normalized spacial score (nSPS) is 27.9. The fourth-order valence-electron chi connectivity index (χ4n) is 2.51. The molecule has 1 fully saturated rings. The molecule has 0 spiro atoms. The Morgan fingerprint density at radius 3 is 2.94 bits per heavy atom. The SMILES string of the molecule is COC1CCCCC1NC(C)c1ccsc1. The molecule has 0 aliphatic heterocycles. The van der Waals surface area contributed by atoms with Crippen LogP contribution in [0.2, 0.25) is 0 Å². The number of hydrogen-bond donors (Lipinski definition) is 1. The third-order valence-electron chi connectivity index (χ3n) is 3.51. The van der Waals surface area contributed by atoms with Gasteiger partial charge in [0.15, 0.2) is 0 Å². The van der Waals surface area contributed by atoms with Crippen molar-refractivity contribution in [1.82, 2.24) is 5.32 Å². The zero-order chi connectivity index (χ0) is 11.4. The third-order valence-corrected chi connectivity index (χ3v) is 4.21. The van der Waals surface area contributed by atoms with E-state index in [1.807, 2.05) is 7.11 Å². The monoisotopic (exact) mass is 239 g/mol. The molecule has 1 heterocycles. The highest BCUT2D eigenvalue weighted by molar-refractivity contribution is 7.07. The molecule has 2 nitrogen and oxygen atoms in total. The van der Waals surface area contributed by atoms with E-state index < -0.39 is 0 Å². The number of hydrogen-bond acceptors (Lipinski definition) is 3. The largest absolute Gasteiger partial charge is 0.380 e. The van der Waals surface area contributed by atoms with Gasteiger partial charge in [-0.1, -0.05) is 12.8 Å². The third kappa shape index (κ3) is 2.84. The molecule has 1 aliphatic rings. The highest BCUT2D eigenvalue weighted by atomic mass is 32.1. The maximum absolute atomic E-state index is 5.56. The van der Waals surface area contributed by atoms with Crippen molar-refractivity contribution in [2.24, 2.45) is 0 Å². The molecule has 90 valence electrons. The van der Waals surface area contributed by atoms with Gasteiger partial charge in [0, 0.05) is 19.2 Å². The lowest BCUT2D eigenvalue weighted by Crippen LogP contribution is -2.44. The van der Waals surface area contributed by atoms with E-state index in [-0.39, 0.29) is 0 Å². The van der Waals surface area contributed by atoms with E-state index >= 15 is 0 Å². The zero-order valence-corrected chi connectivity index (χ0v) is 10.9. The molecule has 1 aliphatic carbocycles. The van der Waals surface area contributed by atoms with Crippen LogP contribution in [0.15, 0.2) is 16.8 Å². The molecular formula is C13H21NOS. The van der Waals surface area contributed by atoms with Crippen LogP contribution in [0.3, 0.4) is 0 Å². The Morgan fingerprint density at radius 1 is 1.44 bits per heavy atom. The van der Waals surface area contributed by atoms with Gasteiger partial charge in [0.25, 0.3) is 0 Å². The Kier molecular flexibility index (Phi) is 4.38. The van der Waals surface area contributed by atoms with E-state index in [2.05, 4.69) is 29.1 Å². The van der Waals surface area contributed by atoms with Gasteiger partial charge in [0.05, 0.1) is 6.10 Å². The standard InChI is InChI=1S/C13H21NOS/c1-10(11-7-8-16-9-11)14-12-5-3-4-6-13(12)15-2/h7-10,12-14H,3-6H2,1-2H3. The second kappa shape index (κ2) is 5.80. The van der Waals surface area contributed by atoms with Crippen LogP contribution in [0, 0.1) is 0 Å². The van der Waals surface area contributed by atoms with Gasteiger partial charge >= 0.3 is 0 Å². The molecule has 3 unspecified atom stereocenters. The van der Waals surface area contributed by atoms with Gasteiger partial charge in [-0.15, -0.1) is 0 Å². The summed E-state index contributed by atoms with van der Waals surface area (Å²) in [6, 6.07) is 3.16. The summed E-state index contributed by atoms with van der Waals surface area (Å²) in [5.74, 6) is 0. The van der Waals surface area contributed by atoms with Gasteiger partial charge in [0.2, 0.25) is 0 Å². The van der Waals surface area contributed by atoms with Crippen LogP contribution >= 0.6 is 11.3 Å². The Hall–Kier alpha value is -0.380. The number of ether oxygens (including phenoxy) is 1. The lowest BCUT2D eigenvalue weighted by atomic mass is 9.91. The minimum Gasteiger partial charge on any atom is -0.380 e. The van der Waals surface area contributed by atoms with E-state index in [9.17, 15) is 0 Å². The van der Waals surface area contributed by atoms with Crippen LogP contribution < -0.4 is 5.32 Å². The Balaban J connectivity index is 1.92. The number of thiophene rings is 1. The number of methoxy groups -OCH3 is 1. The first-order valence-corrected chi connectivity index (χ1v) is 7.06. The van der Waals surface area contributed by atoms with Crippen LogP contribution in [0.1, 0.15) is 44.2 Å². The van der Waals surface area contributed by atoms with Crippen LogP contribution in [0.5, 0.6) is 0 Å². The second-order valence-electron chi connectivity index (χ2n) is 4.61. The lowest BCUT2D eigenvalue weighted by molar-refractivity contribution is 0.0384. The molecule has 16 heavy (non-hydrogen) atoms. The minimum atomic E-state index is 0.398. The second-order valence-corrected chi connectivity index (χ2v) is 5.39. The minimum absolute atomic E-state index is 0.398. The molecule has 1 N–H and O–H groups in total. The van der Waals surface area contributed by atoms with Gasteiger partial charge < -0.3 is 10.1 Å². The van der Waals surface area contributed by atoms with E-state index in [4.69, 9.17) is 4.74 Å². The molecule has 1 aromatic rings. The molecular weight excluding hydrogens is 218 g/mol. The van der Waals surface area contributed by atoms with Crippen molar-refractivity contribution in [2.45, 2.75) is 50.8 Å². The van der Waals surface area contributed by atoms with E-state index in [0.717, 1.165) is 0 Å². The van der Waals surface area contributed by atoms with Gasteiger partial charge in [-0.3, -0.25) is 0 Å². The summed E-state index contributed by atoms with van der Waals surface area (Å²) in [7, 11) is 1.83.